The van der Waals surface area contributed by atoms with Gasteiger partial charge in [-0.2, -0.15) is 0 Å². The summed E-state index contributed by atoms with van der Waals surface area (Å²) in [7, 11) is 0. The first kappa shape index (κ1) is 17.0. The summed E-state index contributed by atoms with van der Waals surface area (Å²) in [6, 6.07) is 1.88. The molecule has 2 aromatic rings. The van der Waals surface area contributed by atoms with E-state index in [1.165, 1.54) is 6.20 Å². The normalized spacial score (nSPS) is 18.1. The number of anilines is 1. The number of nitrogens with zero attached hydrogens (tertiary/aromatic N) is 2. The Kier molecular flexibility index (Phi) is 4.20. The van der Waals surface area contributed by atoms with Crippen LogP contribution < -0.4 is 5.32 Å². The zero-order valence-corrected chi connectivity index (χ0v) is 14.1. The van der Waals surface area contributed by atoms with E-state index in [0.29, 0.717) is 17.4 Å². The van der Waals surface area contributed by atoms with E-state index in [2.05, 4.69) is 29.1 Å². The number of rotatable bonds is 4. The summed E-state index contributed by atoms with van der Waals surface area (Å²) in [5.74, 6) is -3.92. The first-order valence-electron chi connectivity index (χ1n) is 7.58. The predicted molar refractivity (Wildman–Crippen MR) is 86.5 cm³/mol. The highest BCUT2D eigenvalue weighted by Gasteiger charge is 2.52. The van der Waals surface area contributed by atoms with E-state index in [9.17, 15) is 13.2 Å². The van der Waals surface area contributed by atoms with Crippen LogP contribution in [-0.4, -0.2) is 16.5 Å². The minimum absolute atomic E-state index is 0.113. The molecule has 1 aliphatic rings. The van der Waals surface area contributed by atoms with Gasteiger partial charge < -0.3 is 5.32 Å². The van der Waals surface area contributed by atoms with Gasteiger partial charge in [0.2, 0.25) is 0 Å². The molecule has 1 heterocycles. The molecule has 1 aliphatic carbocycles. The Morgan fingerprint density at radius 2 is 1.67 bits per heavy atom. The van der Waals surface area contributed by atoms with Crippen molar-refractivity contribution in [1.29, 1.82) is 0 Å². The summed E-state index contributed by atoms with van der Waals surface area (Å²) in [5.41, 5.74) is 0.579. The molecule has 1 saturated carbocycles. The van der Waals surface area contributed by atoms with E-state index < -0.39 is 17.5 Å². The number of aromatic nitrogens is 2. The standard InChI is InChI=1S/C17H17ClF3N3/c1-16(2)7-17(8-16,14-15(18)23-4-3-22-14)9-24-10-5-11(19)13(21)12(20)6-10/h3-6,24H,7-9H2,1-2H3. The maximum Gasteiger partial charge on any atom is 0.194 e. The second-order valence-corrected chi connectivity index (χ2v) is 7.46. The molecule has 0 aliphatic heterocycles. The monoisotopic (exact) mass is 355 g/mol. The molecule has 0 saturated heterocycles. The molecule has 128 valence electrons. The molecule has 0 spiro atoms. The van der Waals surface area contributed by atoms with Crippen molar-refractivity contribution in [3.63, 3.8) is 0 Å². The summed E-state index contributed by atoms with van der Waals surface area (Å²) in [5, 5.41) is 3.31. The van der Waals surface area contributed by atoms with Gasteiger partial charge in [-0.05, 0) is 18.3 Å². The van der Waals surface area contributed by atoms with Crippen LogP contribution in [0.25, 0.3) is 0 Å². The Hall–Kier alpha value is -1.82. The maximum atomic E-state index is 13.4. The van der Waals surface area contributed by atoms with E-state index in [1.54, 1.807) is 6.20 Å². The summed E-state index contributed by atoms with van der Waals surface area (Å²) >= 11 is 6.20. The predicted octanol–water partition coefficient (Wildman–Crippen LogP) is 4.72. The van der Waals surface area contributed by atoms with Gasteiger partial charge in [0, 0.05) is 42.2 Å². The van der Waals surface area contributed by atoms with Gasteiger partial charge in [0.25, 0.3) is 0 Å². The first-order valence-corrected chi connectivity index (χ1v) is 7.96. The van der Waals surface area contributed by atoms with Crippen molar-refractivity contribution in [2.75, 3.05) is 11.9 Å². The van der Waals surface area contributed by atoms with Gasteiger partial charge in [0.15, 0.2) is 22.6 Å². The van der Waals surface area contributed by atoms with Crippen molar-refractivity contribution in [3.8, 4) is 0 Å². The van der Waals surface area contributed by atoms with Crippen LogP contribution in [0.1, 0.15) is 32.4 Å². The quantitative estimate of drug-likeness (QED) is 0.806. The van der Waals surface area contributed by atoms with Gasteiger partial charge in [-0.3, -0.25) is 4.98 Å². The van der Waals surface area contributed by atoms with E-state index in [4.69, 9.17) is 11.6 Å². The first-order chi connectivity index (χ1) is 11.2. The topological polar surface area (TPSA) is 37.8 Å². The number of halogens is 4. The average molecular weight is 356 g/mol. The van der Waals surface area contributed by atoms with E-state index in [-0.39, 0.29) is 16.5 Å². The molecule has 0 unspecified atom stereocenters. The highest BCUT2D eigenvalue weighted by atomic mass is 35.5. The van der Waals surface area contributed by atoms with Crippen molar-refractivity contribution < 1.29 is 13.2 Å². The van der Waals surface area contributed by atoms with Crippen molar-refractivity contribution in [1.82, 2.24) is 9.97 Å². The molecular weight excluding hydrogens is 339 g/mol. The fraction of sp³-hybridized carbons (Fsp3) is 0.412. The van der Waals surface area contributed by atoms with E-state index in [1.807, 2.05) is 0 Å². The van der Waals surface area contributed by atoms with Crippen LogP contribution in [0.5, 0.6) is 0 Å². The minimum atomic E-state index is -1.47. The van der Waals surface area contributed by atoms with Crippen LogP contribution in [0, 0.1) is 22.9 Å². The third-order valence-electron chi connectivity index (χ3n) is 4.40. The molecule has 1 fully saturated rings. The zero-order valence-electron chi connectivity index (χ0n) is 13.3. The molecular formula is C17H17ClF3N3. The smallest absolute Gasteiger partial charge is 0.194 e. The van der Waals surface area contributed by atoms with Crippen LogP contribution in [0.3, 0.4) is 0 Å². The molecule has 0 atom stereocenters. The van der Waals surface area contributed by atoms with Gasteiger partial charge in [0.1, 0.15) is 0 Å². The van der Waals surface area contributed by atoms with Crippen molar-refractivity contribution >= 4 is 17.3 Å². The molecule has 1 aromatic carbocycles. The fourth-order valence-corrected chi connectivity index (χ4v) is 4.07. The second kappa shape index (κ2) is 5.92. The Morgan fingerprint density at radius 1 is 1.08 bits per heavy atom. The largest absolute Gasteiger partial charge is 0.384 e. The van der Waals surface area contributed by atoms with Crippen LogP contribution in [-0.2, 0) is 5.41 Å². The Labute approximate surface area is 143 Å². The van der Waals surface area contributed by atoms with Gasteiger partial charge >= 0.3 is 0 Å². The third kappa shape index (κ3) is 3.07. The van der Waals surface area contributed by atoms with Crippen LogP contribution in [0.2, 0.25) is 5.15 Å². The Bertz CT molecular complexity index is 748. The second-order valence-electron chi connectivity index (χ2n) is 7.10. The molecule has 0 amide bonds. The molecule has 1 N–H and O–H groups in total. The molecule has 0 bridgehead atoms. The van der Waals surface area contributed by atoms with Crippen LogP contribution >= 0.6 is 11.6 Å². The molecule has 3 rings (SSSR count). The summed E-state index contributed by atoms with van der Waals surface area (Å²) in [6.45, 7) is 4.64. The van der Waals surface area contributed by atoms with Crippen LogP contribution in [0.4, 0.5) is 18.9 Å². The number of hydrogen-bond donors (Lipinski definition) is 1. The summed E-state index contributed by atoms with van der Waals surface area (Å²) in [6.07, 6.45) is 4.70. The number of nitrogens with one attached hydrogen (secondary N) is 1. The minimum Gasteiger partial charge on any atom is -0.384 e. The van der Waals surface area contributed by atoms with E-state index in [0.717, 1.165) is 25.0 Å². The lowest BCUT2D eigenvalue weighted by atomic mass is 9.53. The summed E-state index contributed by atoms with van der Waals surface area (Å²) < 4.78 is 39.8. The lowest BCUT2D eigenvalue weighted by Gasteiger charge is -2.53. The fourth-order valence-electron chi connectivity index (χ4n) is 3.76. The molecule has 24 heavy (non-hydrogen) atoms. The van der Waals surface area contributed by atoms with Crippen molar-refractivity contribution in [3.05, 3.63) is 52.8 Å². The van der Waals surface area contributed by atoms with Crippen molar-refractivity contribution in [2.45, 2.75) is 32.1 Å². The highest BCUT2D eigenvalue weighted by Crippen LogP contribution is 2.55. The molecule has 3 nitrogen and oxygen atoms in total. The zero-order chi connectivity index (χ0) is 17.5. The molecule has 0 radical (unpaired) electrons. The lowest BCUT2D eigenvalue weighted by Crippen LogP contribution is -2.51. The van der Waals surface area contributed by atoms with Gasteiger partial charge in [-0.25, -0.2) is 18.2 Å². The summed E-state index contributed by atoms with van der Waals surface area (Å²) in [4.78, 5) is 8.43. The third-order valence-corrected chi connectivity index (χ3v) is 4.68. The van der Waals surface area contributed by atoms with E-state index >= 15 is 0 Å². The molecule has 7 heteroatoms. The van der Waals surface area contributed by atoms with Gasteiger partial charge in [-0.1, -0.05) is 25.4 Å². The Balaban J connectivity index is 1.86. The Morgan fingerprint density at radius 3 is 2.21 bits per heavy atom. The molecule has 1 aromatic heterocycles. The van der Waals surface area contributed by atoms with Crippen LogP contribution in [0.15, 0.2) is 24.5 Å². The average Bonchev–Trinajstić information content (AvgIpc) is 2.48. The SMILES string of the molecule is CC1(C)CC(CNc2cc(F)c(F)c(F)c2)(c2nccnc2Cl)C1. The van der Waals surface area contributed by atoms with Gasteiger partial charge in [-0.15, -0.1) is 0 Å². The maximum absolute atomic E-state index is 13.4. The van der Waals surface area contributed by atoms with Crippen molar-refractivity contribution in [2.24, 2.45) is 5.41 Å². The number of benzene rings is 1. The number of hydrogen-bond acceptors (Lipinski definition) is 3. The highest BCUT2D eigenvalue weighted by molar-refractivity contribution is 6.30. The lowest BCUT2D eigenvalue weighted by molar-refractivity contribution is 0.0632. The van der Waals surface area contributed by atoms with Gasteiger partial charge in [0.05, 0.1) is 5.69 Å².